The molecule has 0 atom stereocenters. The number of amides is 2. The molecule has 0 radical (unpaired) electrons. The van der Waals surface area contributed by atoms with Crippen LogP contribution in [0.2, 0.25) is 0 Å². The lowest BCUT2D eigenvalue weighted by atomic mass is 9.96. The molecule has 70 heavy (non-hydrogen) atoms. The van der Waals surface area contributed by atoms with Crippen LogP contribution in [0, 0.1) is 0 Å². The molecule has 0 spiro atoms. The molecule has 13 nitrogen and oxygen atoms in total. The van der Waals surface area contributed by atoms with E-state index in [1.54, 1.807) is 48.5 Å². The average molecular weight is 970 g/mol. The van der Waals surface area contributed by atoms with Crippen molar-refractivity contribution in [1.29, 1.82) is 0 Å². The number of alkyl halides is 9. The number of aryl methyl sites for hydroxylation is 2. The Kier molecular flexibility index (Phi) is 10.7. The van der Waals surface area contributed by atoms with Gasteiger partial charge in [0, 0.05) is 46.7 Å². The lowest BCUT2D eigenvalue weighted by Gasteiger charge is -2.19. The van der Waals surface area contributed by atoms with E-state index >= 15 is 0 Å². The fourth-order valence-corrected chi connectivity index (χ4v) is 8.99. The maximum Gasteiger partial charge on any atom is 0.416 e. The second-order valence-electron chi connectivity index (χ2n) is 16.4. The van der Waals surface area contributed by atoms with Gasteiger partial charge < -0.3 is 14.5 Å². The number of hydrogen-bond acceptors (Lipinski definition) is 7. The van der Waals surface area contributed by atoms with E-state index < -0.39 is 53.6 Å². The Hall–Kier alpha value is -8.30. The third-order valence-corrected chi connectivity index (χ3v) is 12.1. The second kappa shape index (κ2) is 16.4. The van der Waals surface area contributed by atoms with Crippen LogP contribution in [-0.4, -0.2) is 52.7 Å². The lowest BCUT2D eigenvalue weighted by molar-refractivity contribution is -0.779. The Morgan fingerprint density at radius 2 is 1.27 bits per heavy atom. The van der Waals surface area contributed by atoms with Gasteiger partial charge in [0.1, 0.15) is 5.75 Å². The van der Waals surface area contributed by atoms with Crippen molar-refractivity contribution in [2.45, 2.75) is 38.5 Å². The van der Waals surface area contributed by atoms with Crippen molar-refractivity contribution in [3.8, 4) is 50.9 Å². The predicted octanol–water partition coefficient (Wildman–Crippen LogP) is 9.79. The number of aromatic nitrogens is 8. The molecule has 10 rings (SSSR count). The maximum atomic E-state index is 14.4. The predicted molar refractivity (Wildman–Crippen MR) is 233 cm³/mol. The second-order valence-corrected chi connectivity index (χ2v) is 16.4. The Balaban J connectivity index is 1.02. The van der Waals surface area contributed by atoms with E-state index in [-0.39, 0.29) is 69.3 Å². The summed E-state index contributed by atoms with van der Waals surface area (Å²) in [7, 11) is 3.33. The van der Waals surface area contributed by atoms with Crippen LogP contribution in [0.15, 0.2) is 116 Å². The van der Waals surface area contributed by atoms with Crippen molar-refractivity contribution in [2.24, 2.45) is 14.1 Å². The highest BCUT2D eigenvalue weighted by molar-refractivity contribution is 6.11. The number of ether oxygens (including phenoxy) is 1. The molecule has 2 amide bonds. The topological polar surface area (TPSA) is 120 Å². The lowest BCUT2D eigenvalue weighted by Crippen LogP contribution is -2.43. The number of halogens is 9. The molecule has 2 aliphatic heterocycles. The standard InChI is InChI=1S/C48H34F9N10O3/c1-4-70-31-18-27(17-30(20-31)65-23-38-34(45(65)69)11-7-13-40(38)48(55,56)57)41-36(21-59-63(41)3)43-61-67(25-62(43)2)66-24-58-60-42(66)32-15-14-28(46(49,50)51)19-35(32)26-8-5-9-29(16-26)64-22-37-33(44(64)68)10-6-12-39(37)47(52,53)54/h5-21,24-25H,4,22-23H2,1-3H3/q+1. The monoisotopic (exact) mass is 969 g/mol. The first-order valence-corrected chi connectivity index (χ1v) is 21.2. The van der Waals surface area contributed by atoms with Gasteiger partial charge >= 0.3 is 18.5 Å². The minimum absolute atomic E-state index is 0.00318. The van der Waals surface area contributed by atoms with Crippen LogP contribution in [0.5, 0.6) is 5.75 Å². The Morgan fingerprint density at radius 3 is 1.90 bits per heavy atom. The van der Waals surface area contributed by atoms with Crippen LogP contribution < -0.4 is 19.3 Å². The molecular weight excluding hydrogens is 936 g/mol. The molecule has 8 aromatic rings. The highest BCUT2D eigenvalue weighted by Gasteiger charge is 2.42. The van der Waals surface area contributed by atoms with Gasteiger partial charge in [0.15, 0.2) is 6.33 Å². The van der Waals surface area contributed by atoms with Crippen molar-refractivity contribution in [3.63, 3.8) is 0 Å². The minimum atomic E-state index is -4.79. The number of carbonyl (C=O) groups is 2. The SMILES string of the molecule is CCOc1cc(-c2c(-c3n[n+](-n4cnnc4-c4ccc(C(F)(F)F)cc4-c4cccc(N5Cc6c(cccc6C(F)(F)F)C5=O)c4)cn3C)cnn2C)cc(N2Cc3c(cccc3C(F)(F)F)C2=O)c1. The smallest absolute Gasteiger partial charge is 0.416 e. The number of nitrogens with zero attached hydrogens (tertiary/aromatic N) is 10. The van der Waals surface area contributed by atoms with Crippen molar-refractivity contribution >= 4 is 23.2 Å². The van der Waals surface area contributed by atoms with E-state index in [0.717, 1.165) is 35.2 Å². The van der Waals surface area contributed by atoms with Crippen LogP contribution in [0.1, 0.15) is 55.5 Å². The number of hydrogen-bond donors (Lipinski definition) is 0. The van der Waals surface area contributed by atoms with Gasteiger partial charge in [0.2, 0.25) is 5.82 Å². The summed E-state index contributed by atoms with van der Waals surface area (Å²) >= 11 is 0. The molecule has 0 unspecified atom stereocenters. The summed E-state index contributed by atoms with van der Waals surface area (Å²) < 4.78 is 137. The van der Waals surface area contributed by atoms with E-state index in [1.165, 1.54) is 81.7 Å². The minimum Gasteiger partial charge on any atom is -0.494 e. The molecule has 22 heteroatoms. The first-order chi connectivity index (χ1) is 33.2. The van der Waals surface area contributed by atoms with Crippen LogP contribution >= 0.6 is 0 Å². The van der Waals surface area contributed by atoms with E-state index in [0.29, 0.717) is 28.4 Å². The van der Waals surface area contributed by atoms with Gasteiger partial charge in [0.05, 0.1) is 60.9 Å². The van der Waals surface area contributed by atoms with Gasteiger partial charge in [-0.05, 0) is 106 Å². The zero-order valence-corrected chi connectivity index (χ0v) is 36.7. The van der Waals surface area contributed by atoms with Gasteiger partial charge in [-0.3, -0.25) is 14.3 Å². The summed E-state index contributed by atoms with van der Waals surface area (Å²) in [5, 5.41) is 17.6. The summed E-state index contributed by atoms with van der Waals surface area (Å²) in [6.07, 6.45) is -9.87. The maximum absolute atomic E-state index is 14.4. The van der Waals surface area contributed by atoms with E-state index in [2.05, 4.69) is 15.3 Å². The van der Waals surface area contributed by atoms with Crippen LogP contribution in [0.25, 0.3) is 45.2 Å². The van der Waals surface area contributed by atoms with Crippen LogP contribution in [0.3, 0.4) is 0 Å². The molecule has 0 saturated heterocycles. The molecular formula is C48H34F9N10O3+. The number of carbonyl (C=O) groups excluding carboxylic acids is 2. The summed E-state index contributed by atoms with van der Waals surface area (Å²) in [4.78, 5) is 30.9. The van der Waals surface area contributed by atoms with Gasteiger partial charge in [-0.1, -0.05) is 24.3 Å². The van der Waals surface area contributed by atoms with Gasteiger partial charge in [-0.25, -0.2) is 4.57 Å². The number of fused-ring (bicyclic) bond motifs is 2. The zero-order valence-electron chi connectivity index (χ0n) is 36.7. The fraction of sp³-hybridized carbons (Fsp3) is 0.188. The first kappa shape index (κ1) is 45.5. The summed E-state index contributed by atoms with van der Waals surface area (Å²) in [5.41, 5.74) is -1.38. The molecule has 0 aliphatic carbocycles. The highest BCUT2D eigenvalue weighted by atomic mass is 19.4. The van der Waals surface area contributed by atoms with Crippen molar-refractivity contribution < 1.29 is 58.6 Å². The number of benzene rings is 5. The number of anilines is 2. The van der Waals surface area contributed by atoms with Gasteiger partial charge in [-0.2, -0.15) is 44.6 Å². The first-order valence-electron chi connectivity index (χ1n) is 21.2. The third kappa shape index (κ3) is 7.77. The molecule has 0 saturated carbocycles. The molecule has 5 heterocycles. The zero-order chi connectivity index (χ0) is 49.6. The number of rotatable bonds is 9. The summed E-state index contributed by atoms with van der Waals surface area (Å²) in [5.74, 6) is -0.694. The molecule has 0 N–H and O–H groups in total. The molecule has 0 bridgehead atoms. The van der Waals surface area contributed by atoms with E-state index in [9.17, 15) is 49.1 Å². The van der Waals surface area contributed by atoms with Crippen molar-refractivity contribution in [3.05, 3.63) is 155 Å². The van der Waals surface area contributed by atoms with Crippen LogP contribution in [-0.2, 0) is 45.7 Å². The molecule has 3 aromatic heterocycles. The van der Waals surface area contributed by atoms with Gasteiger partial charge in [0.25, 0.3) is 24.0 Å². The van der Waals surface area contributed by atoms with Gasteiger partial charge in [-0.15, -0.1) is 14.9 Å². The Labute approximate surface area is 390 Å². The fourth-order valence-electron chi connectivity index (χ4n) is 8.99. The Bertz CT molecular complexity index is 3420. The molecule has 5 aromatic carbocycles. The summed E-state index contributed by atoms with van der Waals surface area (Å²) in [6.45, 7) is 1.20. The van der Waals surface area contributed by atoms with E-state index in [4.69, 9.17) is 9.84 Å². The molecule has 0 fully saturated rings. The Morgan fingerprint density at radius 1 is 0.643 bits per heavy atom. The summed E-state index contributed by atoms with van der Waals surface area (Å²) in [6, 6.07) is 20.5. The van der Waals surface area contributed by atoms with Crippen LogP contribution in [0.4, 0.5) is 50.9 Å². The average Bonchev–Trinajstić information content (AvgIpc) is 4.16. The largest absolute Gasteiger partial charge is 0.494 e. The highest BCUT2D eigenvalue weighted by Crippen LogP contribution is 2.44. The normalized spacial score (nSPS) is 13.9. The third-order valence-electron chi connectivity index (χ3n) is 12.1. The molecule has 2 aliphatic rings. The quantitative estimate of drug-likeness (QED) is 0.104. The van der Waals surface area contributed by atoms with Crippen molar-refractivity contribution in [1.82, 2.24) is 34.3 Å². The molecule has 356 valence electrons. The van der Waals surface area contributed by atoms with Crippen molar-refractivity contribution in [2.75, 3.05) is 16.4 Å². The van der Waals surface area contributed by atoms with E-state index in [1.807, 2.05) is 0 Å².